The lowest BCUT2D eigenvalue weighted by Crippen LogP contribution is -2.12. The molecule has 0 aromatic heterocycles. The van der Waals surface area contributed by atoms with Gasteiger partial charge in [-0.3, -0.25) is 4.79 Å². The van der Waals surface area contributed by atoms with Crippen molar-refractivity contribution < 1.29 is 14.7 Å². The molecule has 0 bridgehead atoms. The van der Waals surface area contributed by atoms with Crippen LogP contribution in [0.15, 0.2) is 60.7 Å². The number of carboxylic acids is 1. The first-order chi connectivity index (χ1) is 11.1. The second kappa shape index (κ2) is 6.05. The van der Waals surface area contributed by atoms with Crippen molar-refractivity contribution in [3.8, 4) is 0 Å². The van der Waals surface area contributed by atoms with Gasteiger partial charge in [0.1, 0.15) is 0 Å². The summed E-state index contributed by atoms with van der Waals surface area (Å²) in [6.07, 6.45) is 0.568. The van der Waals surface area contributed by atoms with Gasteiger partial charge in [-0.1, -0.05) is 67.6 Å². The molecule has 0 saturated heterocycles. The first-order valence-corrected chi connectivity index (χ1v) is 7.51. The summed E-state index contributed by atoms with van der Waals surface area (Å²) in [6.45, 7) is 1.88. The van der Waals surface area contributed by atoms with Gasteiger partial charge in [-0.15, -0.1) is 0 Å². The SMILES string of the molecule is CCc1cccc(C(=O)c2cccc3ccccc23)c1C(=O)O. The molecule has 0 atom stereocenters. The molecule has 3 nitrogen and oxygen atoms in total. The molecule has 0 spiro atoms. The van der Waals surface area contributed by atoms with E-state index in [1.54, 1.807) is 24.3 Å². The Kier molecular flexibility index (Phi) is 3.94. The van der Waals surface area contributed by atoms with Gasteiger partial charge in [0.2, 0.25) is 0 Å². The maximum Gasteiger partial charge on any atom is 0.336 e. The molecule has 0 saturated carbocycles. The van der Waals surface area contributed by atoms with Crippen molar-refractivity contribution in [1.29, 1.82) is 0 Å². The molecule has 0 unspecified atom stereocenters. The predicted octanol–water partition coefficient (Wildman–Crippen LogP) is 4.33. The van der Waals surface area contributed by atoms with E-state index < -0.39 is 5.97 Å². The van der Waals surface area contributed by atoms with Gasteiger partial charge < -0.3 is 5.11 Å². The summed E-state index contributed by atoms with van der Waals surface area (Å²) in [4.78, 5) is 24.6. The topological polar surface area (TPSA) is 54.4 Å². The van der Waals surface area contributed by atoms with Crippen LogP contribution in [-0.2, 0) is 6.42 Å². The predicted molar refractivity (Wildman–Crippen MR) is 90.2 cm³/mol. The van der Waals surface area contributed by atoms with Crippen LogP contribution in [0.1, 0.15) is 38.8 Å². The Morgan fingerprint density at radius 1 is 0.870 bits per heavy atom. The van der Waals surface area contributed by atoms with Crippen molar-refractivity contribution in [3.63, 3.8) is 0 Å². The lowest BCUT2D eigenvalue weighted by Gasteiger charge is -2.11. The smallest absolute Gasteiger partial charge is 0.336 e. The van der Waals surface area contributed by atoms with Gasteiger partial charge in [-0.25, -0.2) is 4.79 Å². The Balaban J connectivity index is 2.23. The Morgan fingerprint density at radius 2 is 1.52 bits per heavy atom. The van der Waals surface area contributed by atoms with Crippen LogP contribution in [0.5, 0.6) is 0 Å². The Labute approximate surface area is 134 Å². The van der Waals surface area contributed by atoms with E-state index in [1.807, 2.05) is 43.3 Å². The largest absolute Gasteiger partial charge is 0.478 e. The minimum atomic E-state index is -1.06. The quantitative estimate of drug-likeness (QED) is 0.730. The van der Waals surface area contributed by atoms with Gasteiger partial charge in [0.25, 0.3) is 0 Å². The van der Waals surface area contributed by atoms with Crippen molar-refractivity contribution in [2.24, 2.45) is 0 Å². The van der Waals surface area contributed by atoms with Crippen molar-refractivity contribution in [2.45, 2.75) is 13.3 Å². The number of aryl methyl sites for hydroxylation is 1. The first-order valence-electron chi connectivity index (χ1n) is 7.51. The molecule has 0 heterocycles. The van der Waals surface area contributed by atoms with Crippen LogP contribution in [0.4, 0.5) is 0 Å². The summed E-state index contributed by atoms with van der Waals surface area (Å²) in [5.41, 5.74) is 1.54. The third-order valence-corrected chi connectivity index (χ3v) is 4.02. The first kappa shape index (κ1) is 15.0. The molecule has 0 aliphatic heterocycles. The highest BCUT2D eigenvalue weighted by atomic mass is 16.4. The number of carbonyl (C=O) groups excluding carboxylic acids is 1. The molecular formula is C20H16O3. The third kappa shape index (κ3) is 2.61. The molecule has 0 amide bonds. The number of hydrogen-bond acceptors (Lipinski definition) is 2. The lowest BCUT2D eigenvalue weighted by molar-refractivity contribution is 0.0691. The number of rotatable bonds is 4. The normalized spacial score (nSPS) is 10.7. The minimum absolute atomic E-state index is 0.105. The molecule has 3 aromatic carbocycles. The van der Waals surface area contributed by atoms with E-state index in [0.29, 0.717) is 17.5 Å². The molecule has 1 N–H and O–H groups in total. The van der Waals surface area contributed by atoms with Crippen molar-refractivity contribution in [1.82, 2.24) is 0 Å². The van der Waals surface area contributed by atoms with Gasteiger partial charge in [-0.05, 0) is 22.8 Å². The molecule has 0 aliphatic rings. The molecule has 23 heavy (non-hydrogen) atoms. The molecule has 3 rings (SSSR count). The summed E-state index contributed by atoms with van der Waals surface area (Å²) < 4.78 is 0. The minimum Gasteiger partial charge on any atom is -0.478 e. The van der Waals surface area contributed by atoms with E-state index in [-0.39, 0.29) is 16.9 Å². The highest BCUT2D eigenvalue weighted by molar-refractivity contribution is 6.19. The van der Waals surface area contributed by atoms with Crippen LogP contribution in [-0.4, -0.2) is 16.9 Å². The molecule has 114 valence electrons. The van der Waals surface area contributed by atoms with Gasteiger partial charge in [0.15, 0.2) is 5.78 Å². The van der Waals surface area contributed by atoms with Gasteiger partial charge in [0.05, 0.1) is 5.56 Å². The fraction of sp³-hybridized carbons (Fsp3) is 0.100. The highest BCUT2D eigenvalue weighted by Gasteiger charge is 2.21. The van der Waals surface area contributed by atoms with Crippen molar-refractivity contribution >= 4 is 22.5 Å². The summed E-state index contributed by atoms with van der Waals surface area (Å²) in [5, 5.41) is 11.3. The monoisotopic (exact) mass is 304 g/mol. The molecule has 0 radical (unpaired) electrons. The summed E-state index contributed by atoms with van der Waals surface area (Å²) in [5.74, 6) is -1.32. The second-order valence-corrected chi connectivity index (χ2v) is 5.35. The van der Waals surface area contributed by atoms with Crippen molar-refractivity contribution in [3.05, 3.63) is 82.9 Å². The molecule has 0 fully saturated rings. The zero-order valence-corrected chi connectivity index (χ0v) is 12.7. The average Bonchev–Trinajstić information content (AvgIpc) is 2.59. The van der Waals surface area contributed by atoms with Gasteiger partial charge in [-0.2, -0.15) is 0 Å². The summed E-state index contributed by atoms with van der Waals surface area (Å²) >= 11 is 0. The number of fused-ring (bicyclic) bond motifs is 1. The highest BCUT2D eigenvalue weighted by Crippen LogP contribution is 2.24. The van der Waals surface area contributed by atoms with E-state index in [0.717, 1.165) is 10.8 Å². The van der Waals surface area contributed by atoms with Crippen LogP contribution >= 0.6 is 0 Å². The fourth-order valence-corrected chi connectivity index (χ4v) is 2.91. The number of carboxylic acid groups (broad SMARTS) is 1. The molecule has 3 aromatic rings. The van der Waals surface area contributed by atoms with Crippen LogP contribution in [0, 0.1) is 0 Å². The summed E-state index contributed by atoms with van der Waals surface area (Å²) in [7, 11) is 0. The standard InChI is InChI=1S/C20H16O3/c1-2-13-8-5-12-17(18(13)20(22)23)19(21)16-11-6-9-14-7-3-4-10-15(14)16/h3-12H,2H2,1H3,(H,22,23). The van der Waals surface area contributed by atoms with E-state index in [2.05, 4.69) is 0 Å². The maximum absolute atomic E-state index is 13.0. The Hall–Kier alpha value is -2.94. The zero-order valence-electron chi connectivity index (χ0n) is 12.7. The Bertz CT molecular complexity index is 904. The zero-order chi connectivity index (χ0) is 16.4. The summed E-state index contributed by atoms with van der Waals surface area (Å²) in [6, 6.07) is 18.2. The second-order valence-electron chi connectivity index (χ2n) is 5.35. The van der Waals surface area contributed by atoms with Gasteiger partial charge in [0, 0.05) is 11.1 Å². The van der Waals surface area contributed by atoms with Crippen molar-refractivity contribution in [2.75, 3.05) is 0 Å². The van der Waals surface area contributed by atoms with Crippen LogP contribution in [0.3, 0.4) is 0 Å². The average molecular weight is 304 g/mol. The number of carbonyl (C=O) groups is 2. The van der Waals surface area contributed by atoms with Crippen LogP contribution in [0.25, 0.3) is 10.8 Å². The maximum atomic E-state index is 13.0. The molecule has 0 aliphatic carbocycles. The van der Waals surface area contributed by atoms with E-state index >= 15 is 0 Å². The number of benzene rings is 3. The third-order valence-electron chi connectivity index (χ3n) is 4.02. The molecule has 3 heteroatoms. The van der Waals surface area contributed by atoms with Crippen LogP contribution < -0.4 is 0 Å². The van der Waals surface area contributed by atoms with Gasteiger partial charge >= 0.3 is 5.97 Å². The van der Waals surface area contributed by atoms with E-state index in [1.165, 1.54) is 0 Å². The fourth-order valence-electron chi connectivity index (χ4n) is 2.91. The number of ketones is 1. The lowest BCUT2D eigenvalue weighted by atomic mass is 9.91. The number of hydrogen-bond donors (Lipinski definition) is 1. The molecular weight excluding hydrogens is 288 g/mol. The van der Waals surface area contributed by atoms with Crippen LogP contribution in [0.2, 0.25) is 0 Å². The Morgan fingerprint density at radius 3 is 2.26 bits per heavy atom. The number of aromatic carboxylic acids is 1. The van der Waals surface area contributed by atoms with E-state index in [9.17, 15) is 14.7 Å². The van der Waals surface area contributed by atoms with E-state index in [4.69, 9.17) is 0 Å².